The minimum absolute atomic E-state index is 0.00132. The summed E-state index contributed by atoms with van der Waals surface area (Å²) in [5.41, 5.74) is -2.31. The van der Waals surface area contributed by atoms with E-state index in [4.69, 9.17) is 4.74 Å². The van der Waals surface area contributed by atoms with Gasteiger partial charge in [0.05, 0.1) is 29.5 Å². The van der Waals surface area contributed by atoms with Crippen molar-refractivity contribution in [3.8, 4) is 17.6 Å². The monoisotopic (exact) mass is 537 g/mol. The summed E-state index contributed by atoms with van der Waals surface area (Å²) >= 11 is 0. The molecule has 0 radical (unpaired) electrons. The first kappa shape index (κ1) is 25.0. The van der Waals surface area contributed by atoms with E-state index in [9.17, 15) is 36.0 Å². The minimum Gasteiger partial charge on any atom is -0.453 e. The Kier molecular flexibility index (Phi) is 6.07. The second-order valence-electron chi connectivity index (χ2n) is 8.99. The van der Waals surface area contributed by atoms with Gasteiger partial charge in [-0.3, -0.25) is 14.1 Å². The Labute approximate surface area is 208 Å². The Bertz CT molecular complexity index is 1620. The second kappa shape index (κ2) is 9.00. The van der Waals surface area contributed by atoms with Crippen molar-refractivity contribution in [3.63, 3.8) is 0 Å². The fraction of sp³-hybridized carbons (Fsp3) is 0.348. The van der Waals surface area contributed by atoms with Crippen LogP contribution >= 0.6 is 0 Å². The summed E-state index contributed by atoms with van der Waals surface area (Å²) in [6.07, 6.45) is 0.975. The van der Waals surface area contributed by atoms with Crippen LogP contribution in [-0.4, -0.2) is 48.2 Å². The number of benzene rings is 2. The molecule has 37 heavy (non-hydrogen) atoms. The van der Waals surface area contributed by atoms with Crippen molar-refractivity contribution >= 4 is 26.8 Å². The normalized spacial score (nSPS) is 18.7. The molecule has 1 saturated heterocycles. The Morgan fingerprint density at radius 3 is 2.65 bits per heavy atom. The van der Waals surface area contributed by atoms with E-state index in [1.54, 1.807) is 6.07 Å². The molecule has 0 bridgehead atoms. The van der Waals surface area contributed by atoms with Crippen LogP contribution in [0.25, 0.3) is 10.9 Å². The van der Waals surface area contributed by atoms with Gasteiger partial charge in [-0.2, -0.15) is 22.4 Å². The molecule has 14 heteroatoms. The fourth-order valence-electron chi connectivity index (χ4n) is 4.51. The molecule has 1 saturated carbocycles. The van der Waals surface area contributed by atoms with E-state index in [0.29, 0.717) is 18.9 Å². The van der Waals surface area contributed by atoms with Gasteiger partial charge in [-0.05, 0) is 31.0 Å². The number of rotatable bonds is 7. The number of hydrogen-bond donors (Lipinski definition) is 1. The quantitative estimate of drug-likeness (QED) is 0.462. The van der Waals surface area contributed by atoms with E-state index in [0.717, 1.165) is 8.87 Å². The lowest BCUT2D eigenvalue weighted by atomic mass is 9.63. The first-order valence-corrected chi connectivity index (χ1v) is 12.6. The number of nitrogens with one attached hydrogen (secondary N) is 1. The van der Waals surface area contributed by atoms with Crippen molar-refractivity contribution in [3.05, 3.63) is 58.1 Å². The van der Waals surface area contributed by atoms with Crippen LogP contribution in [0.2, 0.25) is 0 Å². The van der Waals surface area contributed by atoms with Crippen LogP contribution in [-0.2, 0) is 16.8 Å². The molecule has 2 fully saturated rings. The molecule has 1 aliphatic carbocycles. The number of hydrogen-bond acceptors (Lipinski definition) is 6. The standard InChI is InChI=1S/C23H19F4N5O4S/c24-5-6-31-12-29-17-2-1-13(7-14(17)22(31)33)36-21-15(9-28)18(8-16(25)20(21)27)30-37(34,35)32-10-23(11-32)4-3-19(23)26/h1-2,7-8,12,19,30H,3-6,10-11H2. The molecule has 9 nitrogen and oxygen atoms in total. The third-order valence-corrected chi connectivity index (χ3v) is 8.17. The van der Waals surface area contributed by atoms with Crippen LogP contribution < -0.4 is 15.0 Å². The highest BCUT2D eigenvalue weighted by Gasteiger charge is 2.58. The Hall–Kier alpha value is -3.70. The maximum absolute atomic E-state index is 14.7. The first-order valence-electron chi connectivity index (χ1n) is 11.2. The number of nitrogens with zero attached hydrogens (tertiary/aromatic N) is 4. The molecule has 1 unspecified atom stereocenters. The third-order valence-electron chi connectivity index (χ3n) is 6.75. The zero-order chi connectivity index (χ0) is 26.5. The minimum atomic E-state index is -4.31. The van der Waals surface area contributed by atoms with Crippen molar-refractivity contribution < 1.29 is 30.7 Å². The second-order valence-corrected chi connectivity index (χ2v) is 10.7. The van der Waals surface area contributed by atoms with Crippen LogP contribution in [0.3, 0.4) is 0 Å². The number of aryl methyl sites for hydroxylation is 1. The van der Waals surface area contributed by atoms with Crippen molar-refractivity contribution in [1.29, 1.82) is 5.26 Å². The van der Waals surface area contributed by atoms with Crippen LogP contribution in [0.4, 0.5) is 23.2 Å². The van der Waals surface area contributed by atoms with Gasteiger partial charge in [-0.15, -0.1) is 0 Å². The zero-order valence-corrected chi connectivity index (χ0v) is 19.9. The van der Waals surface area contributed by atoms with Gasteiger partial charge in [0.25, 0.3) is 5.56 Å². The maximum Gasteiger partial charge on any atom is 0.301 e. The Morgan fingerprint density at radius 1 is 1.27 bits per heavy atom. The highest BCUT2D eigenvalue weighted by Crippen LogP contribution is 2.51. The third kappa shape index (κ3) is 4.17. The molecule has 1 atom stereocenters. The van der Waals surface area contributed by atoms with Gasteiger partial charge in [0.15, 0.2) is 11.6 Å². The average Bonchev–Trinajstić information content (AvgIpc) is 2.82. The highest BCUT2D eigenvalue weighted by atomic mass is 32.2. The summed E-state index contributed by atoms with van der Waals surface area (Å²) < 4.78 is 90.8. The van der Waals surface area contributed by atoms with Crippen LogP contribution in [0.15, 0.2) is 35.4 Å². The number of nitriles is 1. The van der Waals surface area contributed by atoms with Crippen molar-refractivity contribution in [2.75, 3.05) is 24.5 Å². The van der Waals surface area contributed by atoms with Crippen molar-refractivity contribution in [1.82, 2.24) is 13.9 Å². The molecular weight excluding hydrogens is 518 g/mol. The van der Waals surface area contributed by atoms with Gasteiger partial charge in [-0.25, -0.2) is 18.2 Å². The van der Waals surface area contributed by atoms with E-state index >= 15 is 0 Å². The van der Waals surface area contributed by atoms with Crippen LogP contribution in [0.1, 0.15) is 18.4 Å². The lowest BCUT2D eigenvalue weighted by Crippen LogP contribution is -2.67. The van der Waals surface area contributed by atoms with E-state index in [1.165, 1.54) is 24.5 Å². The molecule has 1 N–H and O–H groups in total. The molecule has 3 aromatic rings. The first-order chi connectivity index (χ1) is 17.6. The van der Waals surface area contributed by atoms with E-state index in [-0.39, 0.29) is 36.3 Å². The number of aromatic nitrogens is 2. The van der Waals surface area contributed by atoms with E-state index in [2.05, 4.69) is 9.71 Å². The summed E-state index contributed by atoms with van der Waals surface area (Å²) in [6, 6.07) is 5.93. The molecule has 194 valence electrons. The van der Waals surface area contributed by atoms with Crippen molar-refractivity contribution in [2.45, 2.75) is 25.6 Å². The molecule has 0 amide bonds. The van der Waals surface area contributed by atoms with Gasteiger partial charge < -0.3 is 4.74 Å². The number of fused-ring (bicyclic) bond motifs is 1. The van der Waals surface area contributed by atoms with E-state index < -0.39 is 62.7 Å². The topological polar surface area (TPSA) is 117 Å². The van der Waals surface area contributed by atoms with Crippen LogP contribution in [0.5, 0.6) is 11.5 Å². The Balaban J connectivity index is 1.47. The molecule has 1 aromatic heterocycles. The largest absolute Gasteiger partial charge is 0.453 e. The predicted octanol–water partition coefficient (Wildman–Crippen LogP) is 3.40. The summed E-state index contributed by atoms with van der Waals surface area (Å²) in [5.74, 6) is -4.14. The van der Waals surface area contributed by atoms with Gasteiger partial charge in [0.2, 0.25) is 5.82 Å². The number of alkyl halides is 2. The molecule has 2 heterocycles. The van der Waals surface area contributed by atoms with Gasteiger partial charge in [-0.1, -0.05) is 0 Å². The van der Waals surface area contributed by atoms with Crippen LogP contribution in [0, 0.1) is 28.4 Å². The average molecular weight is 537 g/mol. The summed E-state index contributed by atoms with van der Waals surface area (Å²) in [5, 5.41) is 9.66. The summed E-state index contributed by atoms with van der Waals surface area (Å²) in [7, 11) is -4.31. The zero-order valence-electron chi connectivity index (χ0n) is 19.0. The summed E-state index contributed by atoms with van der Waals surface area (Å²) in [4.78, 5) is 16.6. The van der Waals surface area contributed by atoms with E-state index in [1.807, 2.05) is 0 Å². The summed E-state index contributed by atoms with van der Waals surface area (Å²) in [6.45, 7) is -1.18. The van der Waals surface area contributed by atoms with Gasteiger partial charge in [0.1, 0.15) is 30.2 Å². The number of anilines is 1. The molecule has 2 aromatic carbocycles. The molecular formula is C23H19F4N5O4S. The molecule has 1 spiro atoms. The predicted molar refractivity (Wildman–Crippen MR) is 124 cm³/mol. The molecule has 5 rings (SSSR count). The van der Waals surface area contributed by atoms with Gasteiger partial charge >= 0.3 is 10.2 Å². The number of ether oxygens (including phenoxy) is 1. The maximum atomic E-state index is 14.7. The molecule has 1 aliphatic heterocycles. The fourth-order valence-corrected chi connectivity index (χ4v) is 5.93. The SMILES string of the molecule is N#Cc1c(NS(=O)(=O)N2CC3(CCC3F)C2)cc(F)c(F)c1Oc1ccc2ncn(CCF)c(=O)c2c1. The smallest absolute Gasteiger partial charge is 0.301 e. The Morgan fingerprint density at radius 2 is 2.03 bits per heavy atom. The van der Waals surface area contributed by atoms with Crippen molar-refractivity contribution in [2.24, 2.45) is 5.41 Å². The number of halogens is 4. The molecule has 2 aliphatic rings. The highest BCUT2D eigenvalue weighted by molar-refractivity contribution is 7.90. The lowest BCUT2D eigenvalue weighted by Gasteiger charge is -2.56. The lowest BCUT2D eigenvalue weighted by molar-refractivity contribution is -0.0889. The van der Waals surface area contributed by atoms with Gasteiger partial charge in [0, 0.05) is 24.6 Å².